The van der Waals surface area contributed by atoms with Gasteiger partial charge in [0.05, 0.1) is 10.1 Å². The third-order valence-electron chi connectivity index (χ3n) is 2.03. The van der Waals surface area contributed by atoms with Gasteiger partial charge in [-0.05, 0) is 18.4 Å². The van der Waals surface area contributed by atoms with E-state index in [0.29, 0.717) is 5.89 Å². The molecule has 0 radical (unpaired) electrons. The summed E-state index contributed by atoms with van der Waals surface area (Å²) < 4.78 is 5.41. The van der Waals surface area contributed by atoms with Crippen LogP contribution in [0, 0.1) is 0 Å². The summed E-state index contributed by atoms with van der Waals surface area (Å²) in [4.78, 5) is 22.9. The fourth-order valence-corrected chi connectivity index (χ4v) is 2.51. The van der Waals surface area contributed by atoms with Crippen LogP contribution >= 0.6 is 23.1 Å². The summed E-state index contributed by atoms with van der Waals surface area (Å²) >= 11 is 2.53. The standard InChI is InChI=1S/C10H10N4O3S2/c1-5(7(15)12-9(11)16)19-10-14-13-8(17-10)6-3-2-4-18-6/h2-5H,1H3,(H3,11,12,15,16)/t5-/m1/s1. The van der Waals surface area contributed by atoms with Crippen molar-refractivity contribution in [1.82, 2.24) is 15.5 Å². The number of nitrogens with one attached hydrogen (secondary N) is 1. The van der Waals surface area contributed by atoms with Crippen LogP contribution in [0.5, 0.6) is 0 Å². The lowest BCUT2D eigenvalue weighted by molar-refractivity contribution is -0.119. The topological polar surface area (TPSA) is 111 Å². The molecule has 2 heterocycles. The zero-order valence-corrected chi connectivity index (χ0v) is 11.5. The zero-order chi connectivity index (χ0) is 13.8. The maximum Gasteiger partial charge on any atom is 0.318 e. The number of imide groups is 1. The number of thiophene rings is 1. The number of carbonyl (C=O) groups is 2. The summed E-state index contributed by atoms with van der Waals surface area (Å²) in [5.41, 5.74) is 4.86. The number of urea groups is 1. The van der Waals surface area contributed by atoms with E-state index in [1.54, 1.807) is 6.92 Å². The normalized spacial score (nSPS) is 12.1. The Bertz CT molecular complexity index is 581. The van der Waals surface area contributed by atoms with Gasteiger partial charge >= 0.3 is 6.03 Å². The van der Waals surface area contributed by atoms with Crippen LogP contribution in [0.4, 0.5) is 4.79 Å². The van der Waals surface area contributed by atoms with Gasteiger partial charge in [0.1, 0.15) is 0 Å². The Morgan fingerprint density at radius 1 is 1.53 bits per heavy atom. The van der Waals surface area contributed by atoms with Crippen LogP contribution in [0.25, 0.3) is 10.8 Å². The van der Waals surface area contributed by atoms with Gasteiger partial charge in [-0.2, -0.15) is 0 Å². The van der Waals surface area contributed by atoms with Gasteiger partial charge in [0, 0.05) is 0 Å². The van der Waals surface area contributed by atoms with Crippen LogP contribution in [0.3, 0.4) is 0 Å². The van der Waals surface area contributed by atoms with E-state index in [1.165, 1.54) is 11.3 Å². The second-order valence-electron chi connectivity index (χ2n) is 3.46. The summed E-state index contributed by atoms with van der Waals surface area (Å²) in [6.07, 6.45) is 0. The van der Waals surface area contributed by atoms with Crippen LogP contribution in [0.2, 0.25) is 0 Å². The number of aromatic nitrogens is 2. The van der Waals surface area contributed by atoms with E-state index in [4.69, 9.17) is 10.2 Å². The Morgan fingerprint density at radius 3 is 2.95 bits per heavy atom. The summed E-state index contributed by atoms with van der Waals surface area (Å²) in [5.74, 6) is -0.103. The number of hydrogen-bond acceptors (Lipinski definition) is 7. The van der Waals surface area contributed by atoms with Gasteiger partial charge < -0.3 is 10.2 Å². The van der Waals surface area contributed by atoms with Crippen molar-refractivity contribution >= 4 is 35.0 Å². The first-order chi connectivity index (χ1) is 9.06. The van der Waals surface area contributed by atoms with E-state index in [0.717, 1.165) is 16.6 Å². The smallest absolute Gasteiger partial charge is 0.318 e. The zero-order valence-electron chi connectivity index (χ0n) is 9.82. The van der Waals surface area contributed by atoms with E-state index in [-0.39, 0.29) is 5.22 Å². The number of hydrogen-bond donors (Lipinski definition) is 2. The average Bonchev–Trinajstić information content (AvgIpc) is 2.96. The van der Waals surface area contributed by atoms with Crippen LogP contribution in [-0.2, 0) is 4.79 Å². The summed E-state index contributed by atoms with van der Waals surface area (Å²) in [5, 5.41) is 11.3. The van der Waals surface area contributed by atoms with Gasteiger partial charge in [-0.3, -0.25) is 10.1 Å². The Kier molecular flexibility index (Phi) is 4.17. The van der Waals surface area contributed by atoms with E-state index < -0.39 is 17.2 Å². The molecule has 0 saturated carbocycles. The number of amides is 3. The molecule has 2 aromatic heterocycles. The molecular formula is C10H10N4O3S2. The molecule has 0 aliphatic rings. The summed E-state index contributed by atoms with van der Waals surface area (Å²) in [7, 11) is 0. The number of primary amides is 1. The van der Waals surface area contributed by atoms with Gasteiger partial charge in [-0.15, -0.1) is 21.5 Å². The molecule has 3 N–H and O–H groups in total. The van der Waals surface area contributed by atoms with Gasteiger partial charge in [-0.25, -0.2) is 4.79 Å². The molecule has 2 rings (SSSR count). The molecule has 3 amide bonds. The number of thioether (sulfide) groups is 1. The molecule has 19 heavy (non-hydrogen) atoms. The van der Waals surface area contributed by atoms with Gasteiger partial charge in [-0.1, -0.05) is 17.8 Å². The van der Waals surface area contributed by atoms with Crippen molar-refractivity contribution in [2.75, 3.05) is 0 Å². The average molecular weight is 298 g/mol. The molecule has 0 unspecified atom stereocenters. The predicted octanol–water partition coefficient (Wildman–Crippen LogP) is 1.47. The van der Waals surface area contributed by atoms with Crippen molar-refractivity contribution in [1.29, 1.82) is 0 Å². The third kappa shape index (κ3) is 3.55. The second-order valence-corrected chi connectivity index (χ2v) is 5.70. The molecule has 0 bridgehead atoms. The highest BCUT2D eigenvalue weighted by molar-refractivity contribution is 8.00. The number of nitrogens with zero attached hydrogens (tertiary/aromatic N) is 2. The van der Waals surface area contributed by atoms with Crippen molar-refractivity contribution in [2.45, 2.75) is 17.4 Å². The van der Waals surface area contributed by atoms with Crippen LogP contribution in [0.15, 0.2) is 27.2 Å². The molecule has 100 valence electrons. The first-order valence-corrected chi connectivity index (χ1v) is 6.96. The van der Waals surface area contributed by atoms with Crippen molar-refractivity contribution in [3.8, 4) is 10.8 Å². The Labute approximate surface area is 116 Å². The number of rotatable bonds is 4. The lowest BCUT2D eigenvalue weighted by Crippen LogP contribution is -2.39. The highest BCUT2D eigenvalue weighted by Gasteiger charge is 2.19. The Morgan fingerprint density at radius 2 is 2.32 bits per heavy atom. The van der Waals surface area contributed by atoms with Crippen LogP contribution in [0.1, 0.15) is 6.92 Å². The second kappa shape index (κ2) is 5.85. The molecule has 2 aromatic rings. The maximum absolute atomic E-state index is 11.5. The fraction of sp³-hybridized carbons (Fsp3) is 0.200. The van der Waals surface area contributed by atoms with E-state index >= 15 is 0 Å². The summed E-state index contributed by atoms with van der Waals surface area (Å²) in [6, 6.07) is 2.85. The van der Waals surface area contributed by atoms with Crippen molar-refractivity contribution in [2.24, 2.45) is 5.73 Å². The minimum absolute atomic E-state index is 0.260. The third-order valence-corrected chi connectivity index (χ3v) is 3.82. The highest BCUT2D eigenvalue weighted by Crippen LogP contribution is 2.28. The van der Waals surface area contributed by atoms with Crippen LogP contribution < -0.4 is 11.1 Å². The van der Waals surface area contributed by atoms with Gasteiger partial charge in [0.2, 0.25) is 5.91 Å². The molecule has 0 aliphatic carbocycles. The molecule has 1 atom stereocenters. The maximum atomic E-state index is 11.5. The Hall–Kier alpha value is -1.87. The molecule has 0 aromatic carbocycles. The molecule has 0 fully saturated rings. The molecular weight excluding hydrogens is 288 g/mol. The molecule has 7 nitrogen and oxygen atoms in total. The lowest BCUT2D eigenvalue weighted by atomic mass is 10.4. The lowest BCUT2D eigenvalue weighted by Gasteiger charge is -2.06. The molecule has 0 spiro atoms. The largest absolute Gasteiger partial charge is 0.410 e. The predicted molar refractivity (Wildman–Crippen MR) is 70.7 cm³/mol. The van der Waals surface area contributed by atoms with Gasteiger partial charge in [0.25, 0.3) is 11.1 Å². The number of carbonyl (C=O) groups excluding carboxylic acids is 2. The summed E-state index contributed by atoms with van der Waals surface area (Å²) in [6.45, 7) is 1.61. The molecule has 0 saturated heterocycles. The molecule has 9 heteroatoms. The first-order valence-electron chi connectivity index (χ1n) is 5.20. The minimum atomic E-state index is -0.887. The van der Waals surface area contributed by atoms with Crippen molar-refractivity contribution < 1.29 is 14.0 Å². The SMILES string of the molecule is C[C@@H](Sc1nnc(-c2cccs2)o1)C(=O)NC(N)=O. The van der Waals surface area contributed by atoms with Crippen molar-refractivity contribution in [3.63, 3.8) is 0 Å². The van der Waals surface area contributed by atoms with Crippen LogP contribution in [-0.4, -0.2) is 27.4 Å². The quantitative estimate of drug-likeness (QED) is 0.827. The number of nitrogens with two attached hydrogens (primary N) is 1. The van der Waals surface area contributed by atoms with E-state index in [9.17, 15) is 9.59 Å². The van der Waals surface area contributed by atoms with E-state index in [2.05, 4.69) is 10.2 Å². The van der Waals surface area contributed by atoms with Crippen molar-refractivity contribution in [3.05, 3.63) is 17.5 Å². The van der Waals surface area contributed by atoms with Gasteiger partial charge in [0.15, 0.2) is 0 Å². The highest BCUT2D eigenvalue weighted by atomic mass is 32.2. The first kappa shape index (κ1) is 13.6. The van der Waals surface area contributed by atoms with E-state index in [1.807, 2.05) is 22.8 Å². The molecule has 0 aliphatic heterocycles. The monoisotopic (exact) mass is 298 g/mol. The fourth-order valence-electron chi connectivity index (χ4n) is 1.19. The minimum Gasteiger partial charge on any atom is -0.410 e. The Balaban J connectivity index is 2.00.